The first-order valence-electron chi connectivity index (χ1n) is 11.7. The smallest absolute Gasteiger partial charge is 0.243 e. The minimum atomic E-state index is -3.50. The van der Waals surface area contributed by atoms with Crippen molar-refractivity contribution in [2.24, 2.45) is 11.8 Å². The lowest BCUT2D eigenvalue weighted by atomic mass is 9.92. The van der Waals surface area contributed by atoms with Gasteiger partial charge in [0, 0.05) is 31.6 Å². The van der Waals surface area contributed by atoms with Crippen molar-refractivity contribution < 1.29 is 13.2 Å². The molecule has 1 atom stereocenters. The van der Waals surface area contributed by atoms with Crippen LogP contribution >= 0.6 is 0 Å². The van der Waals surface area contributed by atoms with E-state index in [1.165, 1.54) is 17.5 Å². The van der Waals surface area contributed by atoms with E-state index in [9.17, 15) is 13.2 Å². The van der Waals surface area contributed by atoms with Crippen LogP contribution < -0.4 is 5.32 Å². The fourth-order valence-corrected chi connectivity index (χ4v) is 6.41. The largest absolute Gasteiger partial charge is 0.352 e. The molecule has 0 spiro atoms. The van der Waals surface area contributed by atoms with Crippen LogP contribution in [-0.4, -0.2) is 63.3 Å². The Morgan fingerprint density at radius 1 is 1.13 bits per heavy atom. The molecule has 7 heteroatoms. The van der Waals surface area contributed by atoms with Crippen LogP contribution in [0.15, 0.2) is 23.1 Å². The van der Waals surface area contributed by atoms with E-state index in [0.29, 0.717) is 36.7 Å². The summed E-state index contributed by atoms with van der Waals surface area (Å²) in [5, 5.41) is 3.22. The molecule has 1 heterocycles. The molecule has 174 valence electrons. The van der Waals surface area contributed by atoms with Crippen molar-refractivity contribution >= 4 is 15.9 Å². The van der Waals surface area contributed by atoms with Crippen molar-refractivity contribution in [3.8, 4) is 0 Å². The third-order valence-corrected chi connectivity index (χ3v) is 8.36. The molecule has 3 rings (SSSR count). The minimum absolute atomic E-state index is 0.0679. The van der Waals surface area contributed by atoms with Crippen molar-refractivity contribution in [3.63, 3.8) is 0 Å². The molecular formula is C24H39N3O3S. The monoisotopic (exact) mass is 449 g/mol. The second kappa shape index (κ2) is 10.5. The summed E-state index contributed by atoms with van der Waals surface area (Å²) in [5.74, 6) is 0.457. The maximum Gasteiger partial charge on any atom is 0.243 e. The molecule has 1 fully saturated rings. The SMILES string of the molecule is CC(C)C[C@H](CN(C)C)NC(=O)C1CCN(S(=O)(=O)c2ccc3c(c2)CCCC3)CC1. The zero-order valence-electron chi connectivity index (χ0n) is 19.6. The van der Waals surface area contributed by atoms with Crippen LogP contribution in [0, 0.1) is 11.8 Å². The first kappa shape index (κ1) is 24.2. The number of carbonyl (C=O) groups is 1. The Bertz CT molecular complexity index is 849. The first-order valence-corrected chi connectivity index (χ1v) is 13.2. The maximum atomic E-state index is 13.2. The predicted molar refractivity (Wildman–Crippen MR) is 125 cm³/mol. The highest BCUT2D eigenvalue weighted by molar-refractivity contribution is 7.89. The number of sulfonamides is 1. The van der Waals surface area contributed by atoms with Gasteiger partial charge in [0.05, 0.1) is 4.90 Å². The number of piperidine rings is 1. The lowest BCUT2D eigenvalue weighted by Crippen LogP contribution is -2.48. The van der Waals surface area contributed by atoms with E-state index in [2.05, 4.69) is 24.1 Å². The standard InChI is InChI=1S/C24H39N3O3S/c1-18(2)15-22(17-26(3)4)25-24(28)20-11-13-27(14-12-20)31(29,30)23-10-9-19-7-5-6-8-21(19)16-23/h9-10,16,18,20,22H,5-8,11-15,17H2,1-4H3,(H,25,28)/t22-/m1/s1. The van der Waals surface area contributed by atoms with E-state index in [4.69, 9.17) is 0 Å². The number of amides is 1. The van der Waals surface area contributed by atoms with Crippen LogP contribution in [0.1, 0.15) is 57.1 Å². The second-order valence-electron chi connectivity index (χ2n) is 9.91. The van der Waals surface area contributed by atoms with Gasteiger partial charge in [0.25, 0.3) is 0 Å². The first-order chi connectivity index (χ1) is 14.7. The third-order valence-electron chi connectivity index (χ3n) is 6.47. The number of nitrogens with one attached hydrogen (secondary N) is 1. The van der Waals surface area contributed by atoms with E-state index in [-0.39, 0.29) is 17.9 Å². The van der Waals surface area contributed by atoms with E-state index in [0.717, 1.165) is 32.2 Å². The Morgan fingerprint density at radius 2 is 1.77 bits per heavy atom. The number of fused-ring (bicyclic) bond motifs is 1. The van der Waals surface area contributed by atoms with Crippen LogP contribution in [0.4, 0.5) is 0 Å². The maximum absolute atomic E-state index is 13.2. The van der Waals surface area contributed by atoms with E-state index in [1.54, 1.807) is 10.4 Å². The quantitative estimate of drug-likeness (QED) is 0.662. The predicted octanol–water partition coefficient (Wildman–Crippen LogP) is 3.06. The van der Waals surface area contributed by atoms with Crippen molar-refractivity contribution in [2.45, 2.75) is 69.7 Å². The van der Waals surface area contributed by atoms with E-state index < -0.39 is 10.0 Å². The Balaban J connectivity index is 1.59. The molecule has 1 aromatic rings. The van der Waals surface area contributed by atoms with Gasteiger partial charge in [-0.05, 0) is 88.2 Å². The molecule has 2 aliphatic rings. The Hall–Kier alpha value is -1.44. The molecule has 1 aliphatic carbocycles. The summed E-state index contributed by atoms with van der Waals surface area (Å²) in [6.45, 7) is 5.95. The molecule has 31 heavy (non-hydrogen) atoms. The van der Waals surface area contributed by atoms with E-state index >= 15 is 0 Å². The van der Waals surface area contributed by atoms with Crippen molar-refractivity contribution in [2.75, 3.05) is 33.7 Å². The molecule has 1 aromatic carbocycles. The van der Waals surface area contributed by atoms with Crippen LogP contribution in [-0.2, 0) is 27.7 Å². The van der Waals surface area contributed by atoms with Gasteiger partial charge in [-0.25, -0.2) is 8.42 Å². The molecule has 1 N–H and O–H groups in total. The normalized spacial score (nSPS) is 19.4. The van der Waals surface area contributed by atoms with Gasteiger partial charge < -0.3 is 10.2 Å². The lowest BCUT2D eigenvalue weighted by Gasteiger charge is -2.32. The molecule has 1 aliphatic heterocycles. The summed E-state index contributed by atoms with van der Waals surface area (Å²) in [7, 11) is 0.530. The summed E-state index contributed by atoms with van der Waals surface area (Å²) in [4.78, 5) is 15.4. The topological polar surface area (TPSA) is 69.7 Å². The zero-order chi connectivity index (χ0) is 22.6. The summed E-state index contributed by atoms with van der Waals surface area (Å²) in [5.41, 5.74) is 2.47. The van der Waals surface area contributed by atoms with Crippen LogP contribution in [0.2, 0.25) is 0 Å². The number of benzene rings is 1. The van der Waals surface area contributed by atoms with Gasteiger partial charge in [0.2, 0.25) is 15.9 Å². The highest BCUT2D eigenvalue weighted by Crippen LogP contribution is 2.28. The highest BCUT2D eigenvalue weighted by Gasteiger charge is 2.33. The van der Waals surface area contributed by atoms with Crippen molar-refractivity contribution in [1.82, 2.24) is 14.5 Å². The van der Waals surface area contributed by atoms with Crippen molar-refractivity contribution in [3.05, 3.63) is 29.3 Å². The number of hydrogen-bond donors (Lipinski definition) is 1. The lowest BCUT2D eigenvalue weighted by molar-refractivity contribution is -0.127. The van der Waals surface area contributed by atoms with Gasteiger partial charge in [-0.2, -0.15) is 4.31 Å². The van der Waals surface area contributed by atoms with E-state index in [1.807, 2.05) is 26.2 Å². The Morgan fingerprint density at radius 3 is 2.39 bits per heavy atom. The molecule has 6 nitrogen and oxygen atoms in total. The van der Waals surface area contributed by atoms with Crippen LogP contribution in [0.5, 0.6) is 0 Å². The van der Waals surface area contributed by atoms with Gasteiger partial charge in [-0.3, -0.25) is 4.79 Å². The molecule has 0 bridgehead atoms. The molecular weight excluding hydrogens is 410 g/mol. The van der Waals surface area contributed by atoms with Gasteiger partial charge in [-0.1, -0.05) is 19.9 Å². The number of nitrogens with zero attached hydrogens (tertiary/aromatic N) is 2. The van der Waals surface area contributed by atoms with Crippen molar-refractivity contribution in [1.29, 1.82) is 0 Å². The highest BCUT2D eigenvalue weighted by atomic mass is 32.2. The second-order valence-corrected chi connectivity index (χ2v) is 11.9. The van der Waals surface area contributed by atoms with Gasteiger partial charge in [0.1, 0.15) is 0 Å². The number of carbonyl (C=O) groups excluding carboxylic acids is 1. The van der Waals surface area contributed by atoms with Gasteiger partial charge in [0.15, 0.2) is 0 Å². The number of likely N-dealkylation sites (N-methyl/N-ethyl adjacent to an activating group) is 1. The summed E-state index contributed by atoms with van der Waals surface area (Å²) in [6.07, 6.45) is 6.41. The number of aryl methyl sites for hydroxylation is 2. The molecule has 1 amide bonds. The average Bonchev–Trinajstić information content (AvgIpc) is 2.72. The summed E-state index contributed by atoms with van der Waals surface area (Å²) < 4.78 is 27.9. The Kier molecular flexibility index (Phi) is 8.16. The molecule has 0 unspecified atom stereocenters. The fraction of sp³-hybridized carbons (Fsp3) is 0.708. The molecule has 0 aromatic heterocycles. The average molecular weight is 450 g/mol. The van der Waals surface area contributed by atoms with Gasteiger partial charge >= 0.3 is 0 Å². The van der Waals surface area contributed by atoms with Crippen LogP contribution in [0.25, 0.3) is 0 Å². The number of hydrogen-bond acceptors (Lipinski definition) is 4. The zero-order valence-corrected chi connectivity index (χ0v) is 20.4. The summed E-state index contributed by atoms with van der Waals surface area (Å²) in [6, 6.07) is 5.75. The Labute approximate surface area is 188 Å². The number of rotatable bonds is 8. The fourth-order valence-electron chi connectivity index (χ4n) is 4.89. The third kappa shape index (κ3) is 6.30. The molecule has 0 radical (unpaired) electrons. The summed E-state index contributed by atoms with van der Waals surface area (Å²) >= 11 is 0. The molecule has 0 saturated carbocycles. The molecule has 1 saturated heterocycles. The van der Waals surface area contributed by atoms with Gasteiger partial charge in [-0.15, -0.1) is 0 Å². The van der Waals surface area contributed by atoms with Crippen LogP contribution in [0.3, 0.4) is 0 Å². The minimum Gasteiger partial charge on any atom is -0.352 e.